The number of carbonyl (C=O) groups excluding carboxylic acids is 3. The maximum atomic E-state index is 13.1. The molecular weight excluding hydrogens is 420 g/mol. The number of carbonyl (C=O) groups is 3. The molecule has 0 N–H and O–H groups in total. The molecule has 2 unspecified atom stereocenters. The summed E-state index contributed by atoms with van der Waals surface area (Å²) in [4.78, 5) is 45.0. The van der Waals surface area contributed by atoms with Crippen molar-refractivity contribution in [1.29, 1.82) is 0 Å². The van der Waals surface area contributed by atoms with Crippen molar-refractivity contribution in [2.24, 2.45) is 5.92 Å². The minimum Gasteiger partial charge on any atom is -0.497 e. The van der Waals surface area contributed by atoms with E-state index in [1.54, 1.807) is 50.4 Å². The molecule has 1 aliphatic heterocycles. The van der Waals surface area contributed by atoms with Gasteiger partial charge in [0.1, 0.15) is 29.2 Å². The Bertz CT molecular complexity index is 1320. The zero-order chi connectivity index (χ0) is 21.7. The number of anilines is 1. The zero-order valence-corrected chi connectivity index (χ0v) is 17.3. The number of benzene rings is 1. The van der Waals surface area contributed by atoms with Gasteiger partial charge in [0.2, 0.25) is 11.6 Å². The topological polar surface area (TPSA) is 103 Å². The number of thiazole rings is 1. The van der Waals surface area contributed by atoms with E-state index in [2.05, 4.69) is 4.98 Å². The summed E-state index contributed by atoms with van der Waals surface area (Å²) in [6, 6.07) is 10.8. The summed E-state index contributed by atoms with van der Waals surface area (Å²) < 4.78 is 17.0. The third-order valence-electron chi connectivity index (χ3n) is 5.20. The first-order chi connectivity index (χ1) is 15.0. The van der Waals surface area contributed by atoms with Gasteiger partial charge in [-0.1, -0.05) is 11.3 Å². The van der Waals surface area contributed by atoms with Crippen molar-refractivity contribution in [3.05, 3.63) is 66.0 Å². The van der Waals surface area contributed by atoms with Crippen molar-refractivity contribution < 1.29 is 28.0 Å². The third kappa shape index (κ3) is 3.05. The highest BCUT2D eigenvalue weighted by atomic mass is 32.1. The molecule has 4 aromatic rings. The summed E-state index contributed by atoms with van der Waals surface area (Å²) in [5.41, 5.74) is 0.649. The van der Waals surface area contributed by atoms with Gasteiger partial charge in [-0.05, 0) is 49.4 Å². The Morgan fingerprint density at radius 3 is 2.71 bits per heavy atom. The standard InChI is InChI=1S/C22H16N2O6S/c1-11-5-8-14(30-11)18-17(19(25)15-4-3-9-29-15)20(26)21(27)24(18)22-23-13-7-6-12(28-2)10-16(13)31-22/h3-10,17-18H,1-2H3. The van der Waals surface area contributed by atoms with Crippen LogP contribution in [-0.2, 0) is 9.59 Å². The number of methoxy groups -OCH3 is 1. The maximum absolute atomic E-state index is 13.1. The summed E-state index contributed by atoms with van der Waals surface area (Å²) in [6.07, 6.45) is 1.35. The minimum atomic E-state index is -1.30. The average molecular weight is 436 g/mol. The molecule has 9 heteroatoms. The number of hydrogen-bond acceptors (Lipinski definition) is 8. The summed E-state index contributed by atoms with van der Waals surface area (Å²) in [5.74, 6) is -1.92. The van der Waals surface area contributed by atoms with Crippen LogP contribution in [0.5, 0.6) is 5.75 Å². The van der Waals surface area contributed by atoms with Crippen LogP contribution in [0.3, 0.4) is 0 Å². The Kier molecular flexibility index (Phi) is 4.48. The fraction of sp³-hybridized carbons (Fsp3) is 0.182. The number of furan rings is 2. The molecule has 0 radical (unpaired) electrons. The van der Waals surface area contributed by atoms with E-state index in [-0.39, 0.29) is 5.76 Å². The largest absolute Gasteiger partial charge is 0.497 e. The van der Waals surface area contributed by atoms with Gasteiger partial charge in [0.15, 0.2) is 10.9 Å². The van der Waals surface area contributed by atoms with Crippen molar-refractivity contribution in [2.45, 2.75) is 13.0 Å². The molecule has 8 nitrogen and oxygen atoms in total. The molecule has 1 saturated heterocycles. The Balaban J connectivity index is 1.65. The molecule has 1 amide bonds. The molecule has 5 rings (SSSR count). The molecule has 0 spiro atoms. The smallest absolute Gasteiger partial charge is 0.297 e. The van der Waals surface area contributed by atoms with E-state index in [1.807, 2.05) is 0 Å². The predicted octanol–water partition coefficient (Wildman–Crippen LogP) is 3.96. The summed E-state index contributed by atoms with van der Waals surface area (Å²) in [6.45, 7) is 1.75. The van der Waals surface area contributed by atoms with Gasteiger partial charge in [-0.2, -0.15) is 0 Å². The molecule has 0 saturated carbocycles. The fourth-order valence-electron chi connectivity index (χ4n) is 3.74. The first-order valence-electron chi connectivity index (χ1n) is 9.44. The van der Waals surface area contributed by atoms with Crippen molar-refractivity contribution in [2.75, 3.05) is 12.0 Å². The van der Waals surface area contributed by atoms with Gasteiger partial charge in [-0.15, -0.1) is 0 Å². The molecule has 1 fully saturated rings. The quantitative estimate of drug-likeness (QED) is 0.265. The highest BCUT2D eigenvalue weighted by molar-refractivity contribution is 7.22. The lowest BCUT2D eigenvalue weighted by molar-refractivity contribution is -0.135. The number of Topliss-reactive ketones (excluding diaryl/α,β-unsaturated/α-hetero) is 2. The average Bonchev–Trinajstić information content (AvgIpc) is 3.54. The molecular formula is C22H16N2O6S. The van der Waals surface area contributed by atoms with Crippen molar-refractivity contribution in [3.63, 3.8) is 0 Å². The molecule has 1 aliphatic rings. The molecule has 3 aromatic heterocycles. The van der Waals surface area contributed by atoms with Crippen LogP contribution in [0.2, 0.25) is 0 Å². The number of aromatic nitrogens is 1. The molecule has 156 valence electrons. The molecule has 0 bridgehead atoms. The minimum absolute atomic E-state index is 0.00955. The van der Waals surface area contributed by atoms with Crippen LogP contribution in [0.15, 0.2) is 57.6 Å². The lowest BCUT2D eigenvalue weighted by atomic mass is 9.91. The van der Waals surface area contributed by atoms with Crippen molar-refractivity contribution in [1.82, 2.24) is 4.98 Å². The van der Waals surface area contributed by atoms with Crippen molar-refractivity contribution in [3.8, 4) is 5.75 Å². The highest BCUT2D eigenvalue weighted by Crippen LogP contribution is 2.44. The van der Waals surface area contributed by atoms with Gasteiger partial charge in [-0.3, -0.25) is 19.3 Å². The van der Waals surface area contributed by atoms with Gasteiger partial charge in [0, 0.05) is 0 Å². The number of aryl methyl sites for hydroxylation is 1. The second-order valence-corrected chi connectivity index (χ2v) is 8.09. The van der Waals surface area contributed by atoms with E-state index in [0.717, 1.165) is 4.70 Å². The summed E-state index contributed by atoms with van der Waals surface area (Å²) >= 11 is 1.23. The Morgan fingerprint density at radius 2 is 2.03 bits per heavy atom. The van der Waals surface area contributed by atoms with Crippen LogP contribution < -0.4 is 9.64 Å². The van der Waals surface area contributed by atoms with Crippen LogP contribution in [0.4, 0.5) is 5.13 Å². The van der Waals surface area contributed by atoms with Crippen LogP contribution in [0.1, 0.15) is 28.1 Å². The maximum Gasteiger partial charge on any atom is 0.297 e. The normalized spacial score (nSPS) is 18.8. The first kappa shape index (κ1) is 19.3. The Labute approximate surface area is 180 Å². The third-order valence-corrected chi connectivity index (χ3v) is 6.21. The van der Waals surface area contributed by atoms with Crippen LogP contribution in [-0.4, -0.2) is 29.6 Å². The zero-order valence-electron chi connectivity index (χ0n) is 16.5. The Hall–Kier alpha value is -3.72. The number of hydrogen-bond donors (Lipinski definition) is 0. The van der Waals surface area contributed by atoms with E-state index in [4.69, 9.17) is 13.6 Å². The SMILES string of the molecule is COc1ccc2nc(N3C(=O)C(=O)C(C(=O)c4ccco4)C3c3ccc(C)o3)sc2c1. The van der Waals surface area contributed by atoms with Crippen LogP contribution >= 0.6 is 11.3 Å². The van der Waals surface area contributed by atoms with Crippen LogP contribution in [0, 0.1) is 12.8 Å². The van der Waals surface area contributed by atoms with E-state index in [0.29, 0.717) is 27.9 Å². The second kappa shape index (κ2) is 7.21. The van der Waals surface area contributed by atoms with Gasteiger partial charge in [-0.25, -0.2) is 4.98 Å². The van der Waals surface area contributed by atoms with Gasteiger partial charge in [0.05, 0.1) is 23.6 Å². The number of ketones is 2. The lowest BCUT2D eigenvalue weighted by Crippen LogP contribution is -2.30. The monoisotopic (exact) mass is 436 g/mol. The fourth-order valence-corrected chi connectivity index (χ4v) is 4.77. The van der Waals surface area contributed by atoms with Gasteiger partial charge in [0.25, 0.3) is 5.91 Å². The van der Waals surface area contributed by atoms with Crippen molar-refractivity contribution >= 4 is 44.2 Å². The number of rotatable bonds is 5. The molecule has 0 aliphatic carbocycles. The second-order valence-electron chi connectivity index (χ2n) is 7.08. The molecule has 1 aromatic carbocycles. The summed E-state index contributed by atoms with van der Waals surface area (Å²) in [7, 11) is 1.56. The number of amides is 1. The highest BCUT2D eigenvalue weighted by Gasteiger charge is 2.55. The first-order valence-corrected chi connectivity index (χ1v) is 10.3. The molecule has 31 heavy (non-hydrogen) atoms. The molecule has 2 atom stereocenters. The van der Waals surface area contributed by atoms with E-state index in [9.17, 15) is 14.4 Å². The van der Waals surface area contributed by atoms with Crippen LogP contribution in [0.25, 0.3) is 10.2 Å². The predicted molar refractivity (Wildman–Crippen MR) is 111 cm³/mol. The number of ether oxygens (including phenoxy) is 1. The van der Waals surface area contributed by atoms with E-state index < -0.39 is 29.4 Å². The van der Waals surface area contributed by atoms with E-state index in [1.165, 1.54) is 28.6 Å². The summed E-state index contributed by atoms with van der Waals surface area (Å²) in [5, 5.41) is 0.301. The lowest BCUT2D eigenvalue weighted by Gasteiger charge is -2.22. The number of nitrogens with zero attached hydrogens (tertiary/aromatic N) is 2. The van der Waals surface area contributed by atoms with E-state index >= 15 is 0 Å². The van der Waals surface area contributed by atoms with Gasteiger partial charge >= 0.3 is 0 Å². The molecule has 4 heterocycles. The van der Waals surface area contributed by atoms with Gasteiger partial charge < -0.3 is 13.6 Å². The number of fused-ring (bicyclic) bond motifs is 1. The Morgan fingerprint density at radius 1 is 1.19 bits per heavy atom.